The molecule has 1 rings (SSSR count). The van der Waals surface area contributed by atoms with Crippen molar-refractivity contribution in [1.29, 1.82) is 0 Å². The monoisotopic (exact) mass is 211 g/mol. The molecule has 1 atom stereocenters. The van der Waals surface area contributed by atoms with Crippen LogP contribution in [0.2, 0.25) is 0 Å². The van der Waals surface area contributed by atoms with Gasteiger partial charge in [0.05, 0.1) is 6.26 Å². The predicted octanol–water partition coefficient (Wildman–Crippen LogP) is 1.67. The molecule has 84 valence electrons. The maximum Gasteiger partial charge on any atom is 0.323 e. The van der Waals surface area contributed by atoms with Gasteiger partial charge in [0.25, 0.3) is 0 Å². The molecule has 0 aliphatic heterocycles. The van der Waals surface area contributed by atoms with E-state index in [1.807, 2.05) is 19.1 Å². The number of carboxylic acid groups (broad SMARTS) is 1. The van der Waals surface area contributed by atoms with Crippen LogP contribution in [0.4, 0.5) is 0 Å². The first-order chi connectivity index (χ1) is 7.08. The Morgan fingerprint density at radius 3 is 2.87 bits per heavy atom. The normalized spacial score (nSPS) is 14.8. The summed E-state index contributed by atoms with van der Waals surface area (Å²) in [5, 5.41) is 12.0. The van der Waals surface area contributed by atoms with Crippen LogP contribution in [0.5, 0.6) is 0 Å². The summed E-state index contributed by atoms with van der Waals surface area (Å²) in [5.74, 6) is 0.0517. The molecule has 0 aliphatic rings. The van der Waals surface area contributed by atoms with Gasteiger partial charge in [-0.2, -0.15) is 0 Å². The quantitative estimate of drug-likeness (QED) is 0.751. The van der Waals surface area contributed by atoms with Crippen LogP contribution in [0, 0.1) is 0 Å². The van der Waals surface area contributed by atoms with Crippen LogP contribution in [-0.4, -0.2) is 23.2 Å². The van der Waals surface area contributed by atoms with Gasteiger partial charge in [0.2, 0.25) is 0 Å². The fourth-order valence-corrected chi connectivity index (χ4v) is 1.27. The van der Waals surface area contributed by atoms with E-state index < -0.39 is 11.5 Å². The van der Waals surface area contributed by atoms with Crippen LogP contribution < -0.4 is 5.32 Å². The summed E-state index contributed by atoms with van der Waals surface area (Å²) in [6, 6.07) is 3.71. The lowest BCUT2D eigenvalue weighted by atomic mass is 9.99. The average Bonchev–Trinajstić information content (AvgIpc) is 2.70. The molecular formula is C11H17NO3. The highest BCUT2D eigenvalue weighted by Gasteiger charge is 2.29. The molecule has 1 heterocycles. The molecule has 1 aromatic rings. The standard InChI is InChI=1S/C11H17NO3/c1-3-11(2,10(13)14)12-7-6-9-5-4-8-15-9/h4-5,8,12H,3,6-7H2,1-2H3,(H,13,14). The lowest BCUT2D eigenvalue weighted by Gasteiger charge is -2.24. The molecule has 4 heteroatoms. The average molecular weight is 211 g/mol. The molecule has 0 saturated carbocycles. The molecule has 0 saturated heterocycles. The van der Waals surface area contributed by atoms with Crippen LogP contribution in [-0.2, 0) is 11.2 Å². The molecule has 1 unspecified atom stereocenters. The largest absolute Gasteiger partial charge is 0.480 e. The van der Waals surface area contributed by atoms with Crippen molar-refractivity contribution in [2.45, 2.75) is 32.2 Å². The molecule has 4 nitrogen and oxygen atoms in total. The SMILES string of the molecule is CCC(C)(NCCc1ccco1)C(=O)O. The Morgan fingerprint density at radius 2 is 2.40 bits per heavy atom. The smallest absolute Gasteiger partial charge is 0.323 e. The summed E-state index contributed by atoms with van der Waals surface area (Å²) in [4.78, 5) is 11.0. The molecule has 1 aromatic heterocycles. The third kappa shape index (κ3) is 3.09. The highest BCUT2D eigenvalue weighted by molar-refractivity contribution is 5.78. The van der Waals surface area contributed by atoms with Gasteiger partial charge in [-0.15, -0.1) is 0 Å². The van der Waals surface area contributed by atoms with Crippen molar-refractivity contribution in [3.63, 3.8) is 0 Å². The molecule has 0 aliphatic carbocycles. The fourth-order valence-electron chi connectivity index (χ4n) is 1.27. The van der Waals surface area contributed by atoms with Crippen molar-refractivity contribution in [1.82, 2.24) is 5.32 Å². The van der Waals surface area contributed by atoms with Crippen LogP contribution in [0.1, 0.15) is 26.0 Å². The number of carbonyl (C=O) groups is 1. The summed E-state index contributed by atoms with van der Waals surface area (Å²) < 4.78 is 5.15. The number of carboxylic acids is 1. The molecule has 0 amide bonds. The minimum atomic E-state index is -0.841. The summed E-state index contributed by atoms with van der Waals surface area (Å²) in [7, 11) is 0. The van der Waals surface area contributed by atoms with Crippen molar-refractivity contribution in [2.24, 2.45) is 0 Å². The summed E-state index contributed by atoms with van der Waals surface area (Å²) in [6.45, 7) is 4.15. The highest BCUT2D eigenvalue weighted by atomic mass is 16.4. The van der Waals surface area contributed by atoms with E-state index in [0.29, 0.717) is 19.4 Å². The lowest BCUT2D eigenvalue weighted by molar-refractivity contribution is -0.144. The Hall–Kier alpha value is -1.29. The van der Waals surface area contributed by atoms with Gasteiger partial charge < -0.3 is 14.8 Å². The number of rotatable bonds is 6. The Morgan fingerprint density at radius 1 is 1.67 bits per heavy atom. The Kier molecular flexibility index (Phi) is 3.91. The van der Waals surface area contributed by atoms with Crippen molar-refractivity contribution < 1.29 is 14.3 Å². The summed E-state index contributed by atoms with van der Waals surface area (Å²) >= 11 is 0. The van der Waals surface area contributed by atoms with E-state index in [9.17, 15) is 4.79 Å². The van der Waals surface area contributed by atoms with E-state index in [0.717, 1.165) is 5.76 Å². The maximum atomic E-state index is 11.0. The van der Waals surface area contributed by atoms with Crippen LogP contribution in [0.15, 0.2) is 22.8 Å². The fraction of sp³-hybridized carbons (Fsp3) is 0.545. The van der Waals surface area contributed by atoms with Gasteiger partial charge in [0, 0.05) is 13.0 Å². The number of nitrogens with one attached hydrogen (secondary N) is 1. The van der Waals surface area contributed by atoms with Crippen molar-refractivity contribution in [2.75, 3.05) is 6.54 Å². The Labute approximate surface area is 89.3 Å². The van der Waals surface area contributed by atoms with Crippen LogP contribution >= 0.6 is 0 Å². The molecule has 0 spiro atoms. The summed E-state index contributed by atoms with van der Waals surface area (Å²) in [5.41, 5.74) is -0.841. The molecule has 0 aromatic carbocycles. The first-order valence-corrected chi connectivity index (χ1v) is 5.09. The van der Waals surface area contributed by atoms with E-state index in [-0.39, 0.29) is 0 Å². The predicted molar refractivity (Wildman–Crippen MR) is 56.7 cm³/mol. The molecular weight excluding hydrogens is 194 g/mol. The zero-order valence-corrected chi connectivity index (χ0v) is 9.12. The van der Waals surface area contributed by atoms with E-state index in [1.54, 1.807) is 13.2 Å². The second-order valence-corrected chi connectivity index (χ2v) is 3.75. The zero-order chi connectivity index (χ0) is 11.3. The Bertz CT molecular complexity index is 308. The minimum Gasteiger partial charge on any atom is -0.480 e. The van der Waals surface area contributed by atoms with Gasteiger partial charge >= 0.3 is 5.97 Å². The van der Waals surface area contributed by atoms with Gasteiger partial charge in [-0.3, -0.25) is 4.79 Å². The second kappa shape index (κ2) is 4.98. The van der Waals surface area contributed by atoms with Crippen molar-refractivity contribution in [3.8, 4) is 0 Å². The third-order valence-corrected chi connectivity index (χ3v) is 2.65. The van der Waals surface area contributed by atoms with E-state index in [1.165, 1.54) is 0 Å². The molecule has 0 bridgehead atoms. The van der Waals surface area contributed by atoms with Gasteiger partial charge in [-0.1, -0.05) is 6.92 Å². The van der Waals surface area contributed by atoms with Gasteiger partial charge in [-0.25, -0.2) is 0 Å². The first kappa shape index (κ1) is 11.8. The number of aliphatic carboxylic acids is 1. The van der Waals surface area contributed by atoms with E-state index in [4.69, 9.17) is 9.52 Å². The second-order valence-electron chi connectivity index (χ2n) is 3.75. The number of hydrogen-bond acceptors (Lipinski definition) is 3. The first-order valence-electron chi connectivity index (χ1n) is 5.09. The topological polar surface area (TPSA) is 62.5 Å². The van der Waals surface area contributed by atoms with Crippen molar-refractivity contribution >= 4 is 5.97 Å². The molecule has 0 radical (unpaired) electrons. The lowest BCUT2D eigenvalue weighted by Crippen LogP contribution is -2.49. The van der Waals surface area contributed by atoms with Crippen molar-refractivity contribution in [3.05, 3.63) is 24.2 Å². The van der Waals surface area contributed by atoms with Gasteiger partial charge in [0.1, 0.15) is 11.3 Å². The third-order valence-electron chi connectivity index (χ3n) is 2.65. The number of hydrogen-bond donors (Lipinski definition) is 2. The van der Waals surface area contributed by atoms with Gasteiger partial charge in [0.15, 0.2) is 0 Å². The van der Waals surface area contributed by atoms with Crippen LogP contribution in [0.3, 0.4) is 0 Å². The molecule has 15 heavy (non-hydrogen) atoms. The van der Waals surface area contributed by atoms with Crippen LogP contribution in [0.25, 0.3) is 0 Å². The van der Waals surface area contributed by atoms with Gasteiger partial charge in [-0.05, 0) is 25.5 Å². The maximum absolute atomic E-state index is 11.0. The molecule has 2 N–H and O–H groups in total. The zero-order valence-electron chi connectivity index (χ0n) is 9.12. The Balaban J connectivity index is 2.38. The number of furan rings is 1. The van der Waals surface area contributed by atoms with E-state index in [2.05, 4.69) is 5.32 Å². The molecule has 0 fully saturated rings. The summed E-state index contributed by atoms with van der Waals surface area (Å²) in [6.07, 6.45) is 2.88. The minimum absolute atomic E-state index is 0.556. The van der Waals surface area contributed by atoms with E-state index >= 15 is 0 Å². The highest BCUT2D eigenvalue weighted by Crippen LogP contribution is 2.09.